The maximum atomic E-state index is 13.0. The lowest BCUT2D eigenvalue weighted by atomic mass is 10.0. The summed E-state index contributed by atoms with van der Waals surface area (Å²) < 4.78 is 0. The number of rotatable bonds is 3. The van der Waals surface area contributed by atoms with E-state index in [0.29, 0.717) is 0 Å². The van der Waals surface area contributed by atoms with Crippen LogP contribution in [-0.4, -0.2) is 69.0 Å². The standard InChI is InChI=1S/C21H21N3O.C2H2O4/c25-21(20-9-3-7-18-6-1-2-8-19(18)20)24-13-11-23(12-14-24)16-17-5-4-10-22-15-17;3-1(4)2(5)6/h1-10,15H,11-14,16H2;(H,3,4)(H,5,6). The Labute approximate surface area is 179 Å². The molecule has 1 fully saturated rings. The number of nitrogens with zero attached hydrogens (tertiary/aromatic N) is 3. The first-order valence-electron chi connectivity index (χ1n) is 9.80. The van der Waals surface area contributed by atoms with Gasteiger partial charge in [-0.25, -0.2) is 9.59 Å². The van der Waals surface area contributed by atoms with Gasteiger partial charge in [-0.05, 0) is 28.5 Å². The number of carboxylic acids is 2. The third-order valence-electron chi connectivity index (χ3n) is 4.99. The molecule has 2 N–H and O–H groups in total. The Kier molecular flexibility index (Phi) is 7.29. The summed E-state index contributed by atoms with van der Waals surface area (Å²) in [5.74, 6) is -3.51. The van der Waals surface area contributed by atoms with Gasteiger partial charge >= 0.3 is 11.9 Å². The van der Waals surface area contributed by atoms with Crippen LogP contribution in [0.2, 0.25) is 0 Å². The fourth-order valence-electron chi connectivity index (χ4n) is 3.44. The van der Waals surface area contributed by atoms with Crippen molar-refractivity contribution in [2.75, 3.05) is 26.2 Å². The van der Waals surface area contributed by atoms with Crippen molar-refractivity contribution in [1.82, 2.24) is 14.8 Å². The Morgan fingerprint density at radius 3 is 2.16 bits per heavy atom. The van der Waals surface area contributed by atoms with Crippen molar-refractivity contribution >= 4 is 28.6 Å². The number of amides is 1. The highest BCUT2D eigenvalue weighted by Crippen LogP contribution is 2.21. The quantitative estimate of drug-likeness (QED) is 0.625. The molecule has 8 heteroatoms. The number of piperazine rings is 1. The van der Waals surface area contributed by atoms with Crippen LogP contribution in [0.4, 0.5) is 0 Å². The fraction of sp³-hybridized carbons (Fsp3) is 0.217. The average Bonchev–Trinajstić information content (AvgIpc) is 2.80. The third-order valence-corrected chi connectivity index (χ3v) is 4.99. The number of benzene rings is 2. The smallest absolute Gasteiger partial charge is 0.414 e. The number of carbonyl (C=O) groups is 3. The number of hydrogen-bond acceptors (Lipinski definition) is 5. The van der Waals surface area contributed by atoms with E-state index in [9.17, 15) is 4.79 Å². The summed E-state index contributed by atoms with van der Waals surface area (Å²) in [6, 6.07) is 18.1. The molecular weight excluding hydrogens is 398 g/mol. The van der Waals surface area contributed by atoms with Crippen molar-refractivity contribution in [1.29, 1.82) is 0 Å². The van der Waals surface area contributed by atoms with E-state index in [1.54, 1.807) is 6.20 Å². The summed E-state index contributed by atoms with van der Waals surface area (Å²) in [6.45, 7) is 4.21. The molecule has 0 saturated carbocycles. The summed E-state index contributed by atoms with van der Waals surface area (Å²) >= 11 is 0. The lowest BCUT2D eigenvalue weighted by Gasteiger charge is -2.35. The maximum absolute atomic E-state index is 13.0. The molecule has 2 heterocycles. The molecule has 0 radical (unpaired) electrons. The van der Waals surface area contributed by atoms with Crippen molar-refractivity contribution in [2.24, 2.45) is 0 Å². The predicted octanol–water partition coefficient (Wildman–Crippen LogP) is 2.35. The Balaban J connectivity index is 0.000000401. The summed E-state index contributed by atoms with van der Waals surface area (Å²) in [5.41, 5.74) is 2.02. The van der Waals surface area contributed by atoms with Crippen LogP contribution in [0.25, 0.3) is 10.8 Å². The number of hydrogen-bond donors (Lipinski definition) is 2. The number of fused-ring (bicyclic) bond motifs is 1. The first kappa shape index (κ1) is 21.9. The van der Waals surface area contributed by atoms with Crippen LogP contribution in [0.1, 0.15) is 15.9 Å². The van der Waals surface area contributed by atoms with Crippen LogP contribution in [0.3, 0.4) is 0 Å². The number of aromatic nitrogens is 1. The van der Waals surface area contributed by atoms with Crippen LogP contribution in [0, 0.1) is 0 Å². The molecule has 1 saturated heterocycles. The first-order chi connectivity index (χ1) is 15.0. The van der Waals surface area contributed by atoms with Gasteiger partial charge in [0.1, 0.15) is 0 Å². The molecule has 0 aliphatic carbocycles. The van der Waals surface area contributed by atoms with Crippen molar-refractivity contribution in [2.45, 2.75) is 6.54 Å². The molecule has 2 aromatic carbocycles. The molecule has 8 nitrogen and oxygen atoms in total. The molecule has 1 aliphatic heterocycles. The van der Waals surface area contributed by atoms with Crippen LogP contribution in [0.15, 0.2) is 67.0 Å². The van der Waals surface area contributed by atoms with Gasteiger partial charge in [0, 0.05) is 50.7 Å². The maximum Gasteiger partial charge on any atom is 0.414 e. The Morgan fingerprint density at radius 1 is 0.839 bits per heavy atom. The summed E-state index contributed by atoms with van der Waals surface area (Å²) in [4.78, 5) is 39.7. The molecule has 31 heavy (non-hydrogen) atoms. The van der Waals surface area contributed by atoms with E-state index >= 15 is 0 Å². The Bertz CT molecular complexity index is 1050. The van der Waals surface area contributed by atoms with Crippen LogP contribution < -0.4 is 0 Å². The fourth-order valence-corrected chi connectivity index (χ4v) is 3.44. The predicted molar refractivity (Wildman–Crippen MR) is 115 cm³/mol. The second-order valence-corrected chi connectivity index (χ2v) is 7.07. The van der Waals surface area contributed by atoms with Gasteiger partial charge in [-0.15, -0.1) is 0 Å². The highest BCUT2D eigenvalue weighted by atomic mass is 16.4. The zero-order valence-electron chi connectivity index (χ0n) is 16.8. The van der Waals surface area contributed by atoms with Gasteiger partial charge in [0.15, 0.2) is 0 Å². The zero-order valence-corrected chi connectivity index (χ0v) is 16.8. The Morgan fingerprint density at radius 2 is 1.52 bits per heavy atom. The molecule has 0 spiro atoms. The number of aliphatic carboxylic acids is 2. The van der Waals surface area contributed by atoms with Crippen molar-refractivity contribution in [3.8, 4) is 0 Å². The molecule has 3 aromatic rings. The van der Waals surface area contributed by atoms with Crippen molar-refractivity contribution in [3.05, 3.63) is 78.1 Å². The molecule has 160 valence electrons. The van der Waals surface area contributed by atoms with Gasteiger partial charge in [0.25, 0.3) is 5.91 Å². The van der Waals surface area contributed by atoms with Crippen molar-refractivity contribution in [3.63, 3.8) is 0 Å². The van der Waals surface area contributed by atoms with Gasteiger partial charge in [0.2, 0.25) is 0 Å². The van der Waals surface area contributed by atoms with Crippen LogP contribution >= 0.6 is 0 Å². The van der Waals surface area contributed by atoms with Crippen LogP contribution in [-0.2, 0) is 16.1 Å². The zero-order chi connectivity index (χ0) is 22.2. The Hall–Kier alpha value is -3.78. The van der Waals surface area contributed by atoms with Crippen molar-refractivity contribution < 1.29 is 24.6 Å². The highest BCUT2D eigenvalue weighted by Gasteiger charge is 2.23. The molecule has 1 aromatic heterocycles. The van der Waals surface area contributed by atoms with E-state index in [4.69, 9.17) is 19.8 Å². The molecule has 1 amide bonds. The van der Waals surface area contributed by atoms with E-state index < -0.39 is 11.9 Å². The molecular formula is C23H23N3O5. The van der Waals surface area contributed by atoms with Gasteiger partial charge in [-0.2, -0.15) is 0 Å². The van der Waals surface area contributed by atoms with E-state index in [-0.39, 0.29) is 5.91 Å². The second-order valence-electron chi connectivity index (χ2n) is 7.07. The normalized spacial score (nSPS) is 13.9. The summed E-state index contributed by atoms with van der Waals surface area (Å²) in [7, 11) is 0. The van der Waals surface area contributed by atoms with Gasteiger partial charge in [0.05, 0.1) is 0 Å². The minimum atomic E-state index is -1.82. The van der Waals surface area contributed by atoms with Gasteiger partial charge in [-0.1, -0.05) is 42.5 Å². The highest BCUT2D eigenvalue weighted by molar-refractivity contribution is 6.27. The van der Waals surface area contributed by atoms with Crippen LogP contribution in [0.5, 0.6) is 0 Å². The van der Waals surface area contributed by atoms with E-state index in [1.807, 2.05) is 47.5 Å². The molecule has 0 bridgehead atoms. The second kappa shape index (κ2) is 10.3. The average molecular weight is 421 g/mol. The number of carboxylic acid groups (broad SMARTS) is 2. The molecule has 4 rings (SSSR count). The molecule has 0 unspecified atom stereocenters. The van der Waals surface area contributed by atoms with E-state index in [1.165, 1.54) is 5.56 Å². The van der Waals surface area contributed by atoms with E-state index in [2.05, 4.69) is 28.1 Å². The molecule has 1 aliphatic rings. The first-order valence-corrected chi connectivity index (χ1v) is 9.80. The summed E-state index contributed by atoms with van der Waals surface area (Å²) in [6.07, 6.45) is 3.71. The third kappa shape index (κ3) is 5.86. The monoisotopic (exact) mass is 421 g/mol. The lowest BCUT2D eigenvalue weighted by molar-refractivity contribution is -0.159. The summed E-state index contributed by atoms with van der Waals surface area (Å²) in [5, 5.41) is 16.9. The van der Waals surface area contributed by atoms with Gasteiger partial charge < -0.3 is 15.1 Å². The van der Waals surface area contributed by atoms with E-state index in [0.717, 1.165) is 49.1 Å². The minimum absolute atomic E-state index is 0.137. The topological polar surface area (TPSA) is 111 Å². The number of pyridine rings is 1. The minimum Gasteiger partial charge on any atom is -0.473 e. The largest absolute Gasteiger partial charge is 0.473 e. The molecule has 0 atom stereocenters. The number of carbonyl (C=O) groups excluding carboxylic acids is 1. The van der Waals surface area contributed by atoms with Gasteiger partial charge in [-0.3, -0.25) is 14.7 Å². The lowest BCUT2D eigenvalue weighted by Crippen LogP contribution is -2.48. The SMILES string of the molecule is O=C(O)C(=O)O.O=C(c1cccc2ccccc12)N1CCN(Cc2cccnc2)CC1.